The van der Waals surface area contributed by atoms with E-state index in [0.717, 1.165) is 12.1 Å². The molecule has 1 aromatic heterocycles. The molecule has 4 unspecified atom stereocenters. The molecule has 1 aliphatic heterocycles. The number of carbonyl (C=O) groups excluding carboxylic acids is 1. The predicted octanol–water partition coefficient (Wildman–Crippen LogP) is 4.63. The van der Waals surface area contributed by atoms with Gasteiger partial charge in [0.2, 0.25) is 5.88 Å². The minimum Gasteiger partial charge on any atom is -0.474 e. The number of aromatic nitrogens is 2. The van der Waals surface area contributed by atoms with Crippen LogP contribution < -0.4 is 15.4 Å². The van der Waals surface area contributed by atoms with Crippen LogP contribution in [-0.2, 0) is 4.74 Å². The molecule has 0 aliphatic carbocycles. The zero-order valence-corrected chi connectivity index (χ0v) is 23.9. The highest BCUT2D eigenvalue weighted by atomic mass is 19.4. The van der Waals surface area contributed by atoms with Crippen LogP contribution in [0.15, 0.2) is 48.5 Å². The van der Waals surface area contributed by atoms with Gasteiger partial charge >= 0.3 is 12.2 Å². The number of alkyl halides is 3. The summed E-state index contributed by atoms with van der Waals surface area (Å²) in [5.74, 6) is -2.89. The summed E-state index contributed by atoms with van der Waals surface area (Å²) in [5.41, 5.74) is 1.43. The van der Waals surface area contributed by atoms with Crippen molar-refractivity contribution in [1.82, 2.24) is 20.0 Å². The zero-order valence-electron chi connectivity index (χ0n) is 23.9. The molecule has 2 heterocycles. The third-order valence-corrected chi connectivity index (χ3v) is 7.28. The monoisotopic (exact) mass is 611 g/mol. The Kier molecular flexibility index (Phi) is 10.2. The van der Waals surface area contributed by atoms with Crippen LogP contribution in [-0.4, -0.2) is 84.1 Å². The van der Waals surface area contributed by atoms with Gasteiger partial charge in [-0.1, -0.05) is 24.3 Å². The second-order valence-electron chi connectivity index (χ2n) is 10.5. The Morgan fingerprint density at radius 2 is 1.84 bits per heavy atom. The number of nitrogens with one attached hydrogen (secondary N) is 2. The Morgan fingerprint density at radius 1 is 1.12 bits per heavy atom. The quantitative estimate of drug-likeness (QED) is 0.274. The van der Waals surface area contributed by atoms with Gasteiger partial charge in [-0.3, -0.25) is 10.2 Å². The molecule has 0 spiro atoms. The lowest BCUT2D eigenvalue weighted by Crippen LogP contribution is -2.48. The number of methoxy groups -OCH3 is 1. The molecule has 43 heavy (non-hydrogen) atoms. The predicted molar refractivity (Wildman–Crippen MR) is 148 cm³/mol. The molecule has 0 radical (unpaired) electrons. The number of likely N-dealkylation sites (tertiary alicyclic amines) is 1. The number of rotatable bonds is 11. The van der Waals surface area contributed by atoms with Gasteiger partial charge < -0.3 is 19.9 Å². The molecular weight excluding hydrogens is 577 g/mol. The number of ether oxygens (including phenoxy) is 2. The topological polar surface area (TPSA) is 101 Å². The number of para-hydroxylation sites is 1. The minimum absolute atomic E-state index is 0.0240. The van der Waals surface area contributed by atoms with Crippen LogP contribution in [0.4, 0.5) is 32.6 Å². The van der Waals surface area contributed by atoms with E-state index in [1.54, 1.807) is 38.1 Å². The van der Waals surface area contributed by atoms with Crippen molar-refractivity contribution in [3.05, 3.63) is 71.3 Å². The van der Waals surface area contributed by atoms with E-state index in [4.69, 9.17) is 9.47 Å². The lowest BCUT2D eigenvalue weighted by Gasteiger charge is -2.29. The number of benzene rings is 2. The van der Waals surface area contributed by atoms with E-state index in [0.29, 0.717) is 16.8 Å². The van der Waals surface area contributed by atoms with Crippen molar-refractivity contribution >= 4 is 11.8 Å². The number of hydrogen-bond donors (Lipinski definition) is 3. The van der Waals surface area contributed by atoms with E-state index in [1.165, 1.54) is 22.8 Å². The second kappa shape index (κ2) is 13.7. The first-order valence-electron chi connectivity index (χ1n) is 13.6. The number of aliphatic hydroxyl groups is 1. The molecule has 234 valence electrons. The summed E-state index contributed by atoms with van der Waals surface area (Å²) in [6.07, 6.45) is -5.34. The fourth-order valence-corrected chi connectivity index (χ4v) is 5.14. The third-order valence-electron chi connectivity index (χ3n) is 7.28. The Labute approximate surface area is 245 Å². The average Bonchev–Trinajstić information content (AvgIpc) is 3.51. The van der Waals surface area contributed by atoms with Crippen molar-refractivity contribution in [2.24, 2.45) is 5.92 Å². The van der Waals surface area contributed by atoms with Gasteiger partial charge in [0.1, 0.15) is 18.5 Å². The number of carbonyl (C=O) groups is 1. The second-order valence-corrected chi connectivity index (χ2v) is 10.5. The number of nitrogens with zero attached hydrogens (tertiary/aromatic N) is 3. The van der Waals surface area contributed by atoms with Gasteiger partial charge in [-0.05, 0) is 49.6 Å². The summed E-state index contributed by atoms with van der Waals surface area (Å²) in [6, 6.07) is 9.61. The summed E-state index contributed by atoms with van der Waals surface area (Å²) < 4.78 is 81.2. The molecule has 0 bridgehead atoms. The standard InChI is InChI=1S/C29H34F5N5O4/c1-17(40)15-43-27-18(2)26(39(37-27)21-7-5-4-6-8-21)36-28(41)35-12-20-13-38(25(16-42-3)29(32,33)34)14-22(20)19-9-10-23(30)24(31)11-19/h4-11,17,20,22,25,40H,12-16H2,1-3H3,(H2,35,36,41). The maximum Gasteiger partial charge on any atom is 0.406 e. The van der Waals surface area contributed by atoms with Crippen LogP contribution >= 0.6 is 0 Å². The SMILES string of the molecule is COCC(N1CC(CNC(=O)Nc2c(C)c(OCC(C)O)nn2-c2ccccc2)C(c2ccc(F)c(F)c2)C1)C(F)(F)F. The van der Waals surface area contributed by atoms with E-state index in [2.05, 4.69) is 15.7 Å². The van der Waals surface area contributed by atoms with E-state index in [1.807, 2.05) is 6.07 Å². The molecule has 1 saturated heterocycles. The van der Waals surface area contributed by atoms with Gasteiger partial charge in [0.05, 0.1) is 24.0 Å². The van der Waals surface area contributed by atoms with Crippen LogP contribution in [0.2, 0.25) is 0 Å². The molecule has 2 amide bonds. The van der Waals surface area contributed by atoms with Crippen molar-refractivity contribution in [3.8, 4) is 11.6 Å². The first-order valence-corrected chi connectivity index (χ1v) is 13.6. The molecule has 4 rings (SSSR count). The molecule has 1 aliphatic rings. The van der Waals surface area contributed by atoms with Crippen molar-refractivity contribution in [3.63, 3.8) is 0 Å². The Balaban J connectivity index is 1.55. The Morgan fingerprint density at radius 3 is 2.47 bits per heavy atom. The molecule has 4 atom stereocenters. The number of urea groups is 1. The first kappa shape index (κ1) is 32.2. The van der Waals surface area contributed by atoms with Crippen LogP contribution in [0.25, 0.3) is 5.69 Å². The van der Waals surface area contributed by atoms with Crippen molar-refractivity contribution in [2.75, 3.05) is 45.3 Å². The van der Waals surface area contributed by atoms with Crippen LogP contribution in [0.1, 0.15) is 24.0 Å². The smallest absolute Gasteiger partial charge is 0.406 e. The van der Waals surface area contributed by atoms with Crippen LogP contribution in [0, 0.1) is 24.5 Å². The lowest BCUT2D eigenvalue weighted by atomic mass is 9.89. The fourth-order valence-electron chi connectivity index (χ4n) is 5.14. The van der Waals surface area contributed by atoms with Gasteiger partial charge in [-0.25, -0.2) is 18.3 Å². The summed E-state index contributed by atoms with van der Waals surface area (Å²) in [7, 11) is 1.17. The number of anilines is 1. The summed E-state index contributed by atoms with van der Waals surface area (Å²) in [4.78, 5) is 14.3. The molecule has 1 fully saturated rings. The molecule has 2 aromatic carbocycles. The molecule has 3 aromatic rings. The average molecular weight is 612 g/mol. The van der Waals surface area contributed by atoms with Gasteiger partial charge in [-0.15, -0.1) is 5.10 Å². The highest BCUT2D eigenvalue weighted by Crippen LogP contribution is 2.37. The molecular formula is C29H34F5N5O4. The first-order chi connectivity index (χ1) is 20.4. The fraction of sp³-hybridized carbons (Fsp3) is 0.448. The zero-order chi connectivity index (χ0) is 31.3. The third kappa shape index (κ3) is 7.80. The van der Waals surface area contributed by atoms with E-state index in [9.17, 15) is 31.9 Å². The van der Waals surface area contributed by atoms with E-state index < -0.39 is 54.4 Å². The van der Waals surface area contributed by atoms with Crippen molar-refractivity contribution in [1.29, 1.82) is 0 Å². The molecule has 3 N–H and O–H groups in total. The number of hydrogen-bond acceptors (Lipinski definition) is 6. The highest BCUT2D eigenvalue weighted by molar-refractivity contribution is 5.89. The lowest BCUT2D eigenvalue weighted by molar-refractivity contribution is -0.192. The highest BCUT2D eigenvalue weighted by Gasteiger charge is 2.48. The molecule has 0 saturated carbocycles. The van der Waals surface area contributed by atoms with Crippen molar-refractivity contribution < 1.29 is 41.3 Å². The maximum absolute atomic E-state index is 14.1. The maximum atomic E-state index is 14.1. The number of amides is 2. The van der Waals surface area contributed by atoms with Gasteiger partial charge in [0.25, 0.3) is 0 Å². The van der Waals surface area contributed by atoms with E-state index >= 15 is 0 Å². The molecule has 9 nitrogen and oxygen atoms in total. The van der Waals surface area contributed by atoms with Gasteiger partial charge in [0, 0.05) is 32.7 Å². The van der Waals surface area contributed by atoms with Gasteiger partial charge in [-0.2, -0.15) is 13.2 Å². The number of halogens is 5. The van der Waals surface area contributed by atoms with Crippen LogP contribution in [0.5, 0.6) is 5.88 Å². The minimum atomic E-state index is -4.59. The summed E-state index contributed by atoms with van der Waals surface area (Å²) in [6.45, 7) is 2.38. The molecule has 14 heteroatoms. The van der Waals surface area contributed by atoms with Gasteiger partial charge in [0.15, 0.2) is 11.6 Å². The normalized spacial score (nSPS) is 18.8. The largest absolute Gasteiger partial charge is 0.474 e. The Hall–Kier alpha value is -3.75. The Bertz CT molecular complexity index is 1390. The summed E-state index contributed by atoms with van der Waals surface area (Å²) in [5, 5.41) is 19.5. The van der Waals surface area contributed by atoms with Crippen LogP contribution in [0.3, 0.4) is 0 Å². The summed E-state index contributed by atoms with van der Waals surface area (Å²) >= 11 is 0. The van der Waals surface area contributed by atoms with Crippen molar-refractivity contribution in [2.45, 2.75) is 38.1 Å². The number of aliphatic hydroxyl groups excluding tert-OH is 1. The van der Waals surface area contributed by atoms with E-state index in [-0.39, 0.29) is 37.9 Å².